The van der Waals surface area contributed by atoms with Crippen LogP contribution in [0.2, 0.25) is 0 Å². The fraction of sp³-hybridized carbons (Fsp3) is 0.467. The molecule has 4 rings (SSSR count). The number of unbranched alkanes of at least 4 members (excludes halogenated alkanes) is 15. The van der Waals surface area contributed by atoms with Gasteiger partial charge in [0, 0.05) is 6.42 Å². The van der Waals surface area contributed by atoms with Crippen LogP contribution < -0.4 is 21.9 Å². The smallest absolute Gasteiger partial charge is 0.241 e. The molecule has 0 spiro atoms. The highest BCUT2D eigenvalue weighted by molar-refractivity contribution is 7.50. The van der Waals surface area contributed by atoms with E-state index >= 15 is 35.1 Å². The molecular weight excluding hydrogens is 1040 g/mol. The van der Waals surface area contributed by atoms with Crippen LogP contribution in [0.5, 0.6) is 0 Å². The van der Waals surface area contributed by atoms with E-state index in [1.165, 1.54) is 77.0 Å². The summed E-state index contributed by atoms with van der Waals surface area (Å²) in [6.07, 6.45) is 7.03. The van der Waals surface area contributed by atoms with Crippen molar-refractivity contribution in [1.82, 2.24) is 0 Å². The lowest BCUT2D eigenvalue weighted by atomic mass is 9.12. The van der Waals surface area contributed by atoms with Crippen molar-refractivity contribution >= 4 is 36.1 Å². The minimum absolute atomic E-state index is 0.302. The predicted octanol–water partition coefficient (Wildman–Crippen LogP) is 14.4. The molecule has 4 aromatic carbocycles. The summed E-state index contributed by atoms with van der Waals surface area (Å²) < 4.78 is 336. The Bertz CT molecular complexity index is 2080. The summed E-state index contributed by atoms with van der Waals surface area (Å²) >= 11 is 0. The van der Waals surface area contributed by atoms with Crippen molar-refractivity contribution in [3.05, 3.63) is 116 Å². The fourth-order valence-electron chi connectivity index (χ4n) is 8.05. The van der Waals surface area contributed by atoms with Crippen LogP contribution in [0.15, 0.2) is 0 Å². The predicted molar refractivity (Wildman–Crippen MR) is 220 cm³/mol. The molecule has 71 heavy (non-hydrogen) atoms. The van der Waals surface area contributed by atoms with Crippen LogP contribution in [0.25, 0.3) is 0 Å². The second-order valence-corrected chi connectivity index (χ2v) is 18.7. The second-order valence-electron chi connectivity index (χ2n) is 16.6. The molecule has 0 saturated heterocycles. The number of hydrogen-bond donors (Lipinski definition) is 0. The zero-order chi connectivity index (χ0) is 53.9. The van der Waals surface area contributed by atoms with Crippen molar-refractivity contribution in [3.8, 4) is 0 Å². The molecule has 0 amide bonds. The molecule has 0 atom stereocenters. The van der Waals surface area contributed by atoms with Crippen LogP contribution in [0.1, 0.15) is 109 Å². The van der Waals surface area contributed by atoms with E-state index in [0.29, 0.717) is 6.42 Å². The lowest BCUT2D eigenvalue weighted by Crippen LogP contribution is -2.81. The van der Waals surface area contributed by atoms with Gasteiger partial charge in [0.15, 0.2) is 69.8 Å². The van der Waals surface area contributed by atoms with Crippen LogP contribution in [-0.4, -0.2) is 32.3 Å². The number of rotatable bonds is 23. The van der Waals surface area contributed by atoms with Crippen LogP contribution >= 0.6 is 8.15 Å². The van der Waals surface area contributed by atoms with E-state index in [1.807, 2.05) is 0 Å². The third kappa shape index (κ3) is 13.9. The van der Waals surface area contributed by atoms with Crippen molar-refractivity contribution < 1.29 is 106 Å². The maximum absolute atomic E-state index is 15.4. The number of hydrogen-bond acceptors (Lipinski definition) is 1. The van der Waals surface area contributed by atoms with E-state index in [-0.39, 0.29) is 0 Å². The van der Waals surface area contributed by atoms with Gasteiger partial charge in [-0.3, -0.25) is 0 Å². The van der Waals surface area contributed by atoms with Gasteiger partial charge in [-0.2, -0.15) is 13.2 Å². The van der Waals surface area contributed by atoms with E-state index in [0.717, 1.165) is 25.9 Å². The van der Waals surface area contributed by atoms with Crippen LogP contribution in [0.4, 0.5) is 101 Å². The topological polar surface area (TPSA) is 9.23 Å². The van der Waals surface area contributed by atoms with Crippen molar-refractivity contribution in [1.29, 1.82) is 0 Å². The Balaban J connectivity index is 0.000000438. The Morgan fingerprint density at radius 2 is 0.451 bits per heavy atom. The van der Waals surface area contributed by atoms with Crippen molar-refractivity contribution in [2.75, 3.05) is 19.9 Å². The summed E-state index contributed by atoms with van der Waals surface area (Å²) in [6, 6.07) is 0. The highest BCUT2D eigenvalue weighted by atomic mass is 31.1. The molecule has 398 valence electrons. The molecule has 0 unspecified atom stereocenters. The van der Waals surface area contributed by atoms with Gasteiger partial charge in [0.25, 0.3) is 0 Å². The van der Waals surface area contributed by atoms with Crippen LogP contribution in [0, 0.1) is 116 Å². The number of halogens is 23. The standard InChI is InChI=1S/C24BF20.C21H42F3OP/c26-5-1(6(27)14(35)21(42)13(5)34)25(2-7(28)15(36)22(43)16(37)8(2)29,3-9(30)17(38)23(44)18(39)10(3)31)4-11(32)19(40)24(45)20(41)12(4)33;1-26(2)25-20-18-16-14-12-10-8-6-4-3-5-7-9-11-13-15-17-19-21(22,23)24/h;3-20H2,1-2H3/q-1;/p+1. The summed E-state index contributed by atoms with van der Waals surface area (Å²) in [5, 5.41) is 0. The minimum atomic E-state index is -7.22. The van der Waals surface area contributed by atoms with E-state index in [9.17, 15) is 65.9 Å². The van der Waals surface area contributed by atoms with E-state index in [2.05, 4.69) is 13.3 Å². The molecule has 4 aromatic rings. The normalized spacial score (nSPS) is 12.1. The lowest BCUT2D eigenvalue weighted by molar-refractivity contribution is -0.135. The first kappa shape index (κ1) is 61.0. The van der Waals surface area contributed by atoms with E-state index in [4.69, 9.17) is 4.52 Å². The lowest BCUT2D eigenvalue weighted by Gasteiger charge is -2.44. The Morgan fingerprint density at radius 3 is 0.634 bits per heavy atom. The average Bonchev–Trinajstić information content (AvgIpc) is 3.31. The van der Waals surface area contributed by atoms with Gasteiger partial charge in [0.1, 0.15) is 60.8 Å². The van der Waals surface area contributed by atoms with Crippen LogP contribution in [0.3, 0.4) is 0 Å². The van der Waals surface area contributed by atoms with Gasteiger partial charge >= 0.3 is 6.18 Å². The fourth-order valence-corrected chi connectivity index (χ4v) is 8.61. The maximum Gasteiger partial charge on any atom is 0.389 e. The first-order chi connectivity index (χ1) is 33.1. The molecule has 1 nitrogen and oxygen atoms in total. The Kier molecular flexibility index (Phi) is 22.9. The molecule has 0 bridgehead atoms. The second kappa shape index (κ2) is 26.6. The molecule has 0 radical (unpaired) electrons. The van der Waals surface area contributed by atoms with Gasteiger partial charge in [-0.25, -0.2) is 92.3 Å². The Morgan fingerprint density at radius 1 is 0.282 bits per heavy atom. The molecule has 0 aliphatic carbocycles. The van der Waals surface area contributed by atoms with Gasteiger partial charge in [-0.1, -0.05) is 89.9 Å². The Labute approximate surface area is 392 Å². The maximum atomic E-state index is 15.4. The van der Waals surface area contributed by atoms with Crippen molar-refractivity contribution in [2.45, 2.75) is 115 Å². The van der Waals surface area contributed by atoms with E-state index in [1.54, 1.807) is 0 Å². The molecule has 0 N–H and O–H groups in total. The molecular formula is C45H43BF23OP. The van der Waals surface area contributed by atoms with Crippen molar-refractivity contribution in [2.24, 2.45) is 0 Å². The summed E-state index contributed by atoms with van der Waals surface area (Å²) in [5.41, 5.74) is -14.3. The molecule has 0 fully saturated rings. The third-order valence-electron chi connectivity index (χ3n) is 11.5. The van der Waals surface area contributed by atoms with Gasteiger partial charge in [-0.05, 0) is 12.8 Å². The largest absolute Gasteiger partial charge is 0.389 e. The highest BCUT2D eigenvalue weighted by Crippen LogP contribution is 2.31. The molecule has 0 heterocycles. The summed E-state index contributed by atoms with van der Waals surface area (Å²) in [7, 11) is -0.498. The first-order valence-corrected chi connectivity index (χ1v) is 24.3. The number of benzene rings is 4. The molecule has 26 heteroatoms. The van der Waals surface area contributed by atoms with Gasteiger partial charge in [0.2, 0.25) is 0 Å². The highest BCUT2D eigenvalue weighted by Gasteiger charge is 2.52. The minimum Gasteiger partial charge on any atom is -0.241 e. The molecule has 0 saturated carbocycles. The number of alkyl halides is 3. The average molecular weight is 1080 g/mol. The monoisotopic (exact) mass is 1080 g/mol. The van der Waals surface area contributed by atoms with Crippen molar-refractivity contribution in [3.63, 3.8) is 0 Å². The molecule has 0 aliphatic rings. The summed E-state index contributed by atoms with van der Waals surface area (Å²) in [4.78, 5) is 0. The van der Waals surface area contributed by atoms with Crippen LogP contribution in [-0.2, 0) is 4.52 Å². The molecule has 0 aliphatic heterocycles. The van der Waals surface area contributed by atoms with E-state index < -0.39 is 165 Å². The third-order valence-corrected chi connectivity index (χ3v) is 12.2. The first-order valence-electron chi connectivity index (χ1n) is 21.8. The van der Waals surface area contributed by atoms with Gasteiger partial charge in [0.05, 0.1) is 19.9 Å². The van der Waals surface area contributed by atoms with Gasteiger partial charge < -0.3 is 0 Å². The zero-order valence-electron chi connectivity index (χ0n) is 37.4. The summed E-state index contributed by atoms with van der Waals surface area (Å²) in [6.45, 7) is 5.33. The van der Waals surface area contributed by atoms with Gasteiger partial charge in [-0.15, -0.1) is 21.9 Å². The zero-order valence-corrected chi connectivity index (χ0v) is 38.4. The molecule has 0 aromatic heterocycles. The Hall–Kier alpha value is -4.28. The summed E-state index contributed by atoms with van der Waals surface area (Å²) in [5.74, 6) is -71.4. The quantitative estimate of drug-likeness (QED) is 0.0180. The SMILES string of the molecule is C[PH+](C)OCCCCCCCCCCCCCCCCCCC(F)(F)F.Fc1c(F)c(F)c([B-](c2c(F)c(F)c(F)c(F)c2F)(c2c(F)c(F)c(F)c(F)c2F)c2c(F)c(F)c(F)c(F)c2F)c(F)c1F.